The number of carbonyl (C=O) groups is 1. The Hall–Kier alpha value is -0.880. The summed E-state index contributed by atoms with van der Waals surface area (Å²) in [5.74, 6) is -4.33. The number of nitrogens with one attached hydrogen (secondary N) is 1. The van der Waals surface area contributed by atoms with Crippen molar-refractivity contribution in [2.24, 2.45) is 0 Å². The molecule has 0 spiro atoms. The smallest absolute Gasteiger partial charge is 0.179 e. The van der Waals surface area contributed by atoms with E-state index in [1.807, 2.05) is 0 Å². The molecule has 0 atom stereocenters. The van der Waals surface area contributed by atoms with E-state index in [-0.39, 0.29) is 6.54 Å². The zero-order valence-corrected chi connectivity index (χ0v) is 9.29. The summed E-state index contributed by atoms with van der Waals surface area (Å²) in [5.41, 5.74) is -0.477. The minimum absolute atomic E-state index is 0.144. The number of rotatable bonds is 3. The van der Waals surface area contributed by atoms with Gasteiger partial charge >= 0.3 is 0 Å². The first-order valence-corrected chi connectivity index (χ1v) is 4.79. The van der Waals surface area contributed by atoms with E-state index in [1.54, 1.807) is 0 Å². The molecule has 1 aromatic carbocycles. The van der Waals surface area contributed by atoms with Crippen LogP contribution in [0.2, 0.25) is 0 Å². The Bertz CT molecular complexity index is 409. The van der Waals surface area contributed by atoms with E-state index < -0.39 is 33.3 Å². The highest BCUT2D eigenvalue weighted by atomic mass is 79.9. The zero-order chi connectivity index (χ0) is 11.6. The summed E-state index contributed by atoms with van der Waals surface area (Å²) in [4.78, 5) is 11.3. The predicted molar refractivity (Wildman–Crippen MR) is 52.3 cm³/mol. The van der Waals surface area contributed by atoms with Crippen LogP contribution in [0.15, 0.2) is 10.5 Å². The average molecular weight is 282 g/mol. The Balaban J connectivity index is 3.26. The molecule has 15 heavy (non-hydrogen) atoms. The fourth-order valence-corrected chi connectivity index (χ4v) is 1.43. The maximum Gasteiger partial charge on any atom is 0.179 e. The molecule has 1 N–H and O–H groups in total. The summed E-state index contributed by atoms with van der Waals surface area (Å²) in [6.45, 7) is -0.144. The number of benzene rings is 1. The van der Waals surface area contributed by atoms with Crippen molar-refractivity contribution in [2.75, 3.05) is 13.6 Å². The number of ketones is 1. The molecule has 1 rings (SSSR count). The number of likely N-dealkylation sites (N-methyl/N-ethyl adjacent to an activating group) is 1. The maximum atomic E-state index is 13.3. The number of hydrogen-bond acceptors (Lipinski definition) is 2. The van der Waals surface area contributed by atoms with Crippen molar-refractivity contribution >= 4 is 21.7 Å². The van der Waals surface area contributed by atoms with Crippen LogP contribution >= 0.6 is 15.9 Å². The Morgan fingerprint density at radius 2 is 2.00 bits per heavy atom. The van der Waals surface area contributed by atoms with Crippen molar-refractivity contribution in [3.63, 3.8) is 0 Å². The topological polar surface area (TPSA) is 29.1 Å². The molecule has 0 heterocycles. The molecule has 0 saturated heterocycles. The first kappa shape index (κ1) is 12.2. The predicted octanol–water partition coefficient (Wildman–Crippen LogP) is 2.27. The normalized spacial score (nSPS) is 10.5. The van der Waals surface area contributed by atoms with Gasteiger partial charge in [-0.15, -0.1) is 0 Å². The molecule has 0 amide bonds. The Kier molecular flexibility index (Phi) is 3.87. The molecular formula is C9H7BrF3NO. The summed E-state index contributed by atoms with van der Waals surface area (Å²) in [7, 11) is 1.49. The minimum Gasteiger partial charge on any atom is -0.313 e. The quantitative estimate of drug-likeness (QED) is 0.523. The Labute approximate surface area is 92.6 Å². The van der Waals surface area contributed by atoms with E-state index in [2.05, 4.69) is 21.2 Å². The second-order valence-corrected chi connectivity index (χ2v) is 3.59. The van der Waals surface area contributed by atoms with Gasteiger partial charge in [0.2, 0.25) is 0 Å². The van der Waals surface area contributed by atoms with Crippen molar-refractivity contribution < 1.29 is 18.0 Å². The van der Waals surface area contributed by atoms with Gasteiger partial charge < -0.3 is 5.32 Å². The van der Waals surface area contributed by atoms with Crippen molar-refractivity contribution in [3.8, 4) is 0 Å². The van der Waals surface area contributed by atoms with Crippen molar-refractivity contribution in [1.29, 1.82) is 0 Å². The Morgan fingerprint density at radius 3 is 2.53 bits per heavy atom. The lowest BCUT2D eigenvalue weighted by molar-refractivity contribution is 0.0989. The number of halogens is 4. The fourth-order valence-electron chi connectivity index (χ4n) is 1.03. The SMILES string of the molecule is CNCC(=O)c1cc(F)c(F)c(Br)c1F. The van der Waals surface area contributed by atoms with Crippen molar-refractivity contribution in [3.05, 3.63) is 33.6 Å². The number of hydrogen-bond donors (Lipinski definition) is 1. The van der Waals surface area contributed by atoms with E-state index in [0.29, 0.717) is 6.07 Å². The first-order chi connectivity index (χ1) is 6.99. The van der Waals surface area contributed by atoms with Gasteiger partial charge in [0.1, 0.15) is 0 Å². The van der Waals surface area contributed by atoms with Crippen LogP contribution < -0.4 is 5.32 Å². The van der Waals surface area contributed by atoms with Gasteiger partial charge in [-0.3, -0.25) is 4.79 Å². The molecule has 0 saturated carbocycles. The highest BCUT2D eigenvalue weighted by Gasteiger charge is 2.20. The van der Waals surface area contributed by atoms with Crippen LogP contribution in [0, 0.1) is 17.5 Å². The summed E-state index contributed by atoms with van der Waals surface area (Å²) in [5, 5.41) is 2.50. The van der Waals surface area contributed by atoms with Gasteiger partial charge in [0.25, 0.3) is 0 Å². The van der Waals surface area contributed by atoms with Crippen LogP contribution in [0.1, 0.15) is 10.4 Å². The lowest BCUT2D eigenvalue weighted by Crippen LogP contribution is -2.20. The molecule has 82 valence electrons. The molecule has 0 aliphatic heterocycles. The molecule has 0 fully saturated rings. The summed E-state index contributed by atoms with van der Waals surface area (Å²) in [6.07, 6.45) is 0. The summed E-state index contributed by atoms with van der Waals surface area (Å²) < 4.78 is 38.4. The van der Waals surface area contributed by atoms with Crippen LogP contribution in [0.5, 0.6) is 0 Å². The molecule has 2 nitrogen and oxygen atoms in total. The minimum atomic E-state index is -1.34. The first-order valence-electron chi connectivity index (χ1n) is 3.99. The van der Waals surface area contributed by atoms with Crippen LogP contribution in [0.4, 0.5) is 13.2 Å². The number of Topliss-reactive ketones (excluding diaryl/α,β-unsaturated/α-hetero) is 1. The third-order valence-corrected chi connectivity index (χ3v) is 2.44. The van der Waals surface area contributed by atoms with Gasteiger partial charge in [-0.25, -0.2) is 13.2 Å². The second kappa shape index (κ2) is 4.76. The van der Waals surface area contributed by atoms with Crippen LogP contribution in [0.25, 0.3) is 0 Å². The third kappa shape index (κ3) is 2.38. The largest absolute Gasteiger partial charge is 0.313 e. The molecule has 0 bridgehead atoms. The van der Waals surface area contributed by atoms with E-state index in [0.717, 1.165) is 0 Å². The van der Waals surface area contributed by atoms with Gasteiger partial charge in [0.05, 0.1) is 16.6 Å². The van der Waals surface area contributed by atoms with Crippen molar-refractivity contribution in [2.45, 2.75) is 0 Å². The van der Waals surface area contributed by atoms with Crippen LogP contribution in [0.3, 0.4) is 0 Å². The Morgan fingerprint density at radius 1 is 1.40 bits per heavy atom. The monoisotopic (exact) mass is 281 g/mol. The molecule has 0 aromatic heterocycles. The number of carbonyl (C=O) groups excluding carboxylic acids is 1. The molecule has 0 unspecified atom stereocenters. The van der Waals surface area contributed by atoms with Gasteiger partial charge in [-0.1, -0.05) is 0 Å². The highest BCUT2D eigenvalue weighted by molar-refractivity contribution is 9.10. The van der Waals surface area contributed by atoms with Gasteiger partial charge in [0, 0.05) is 0 Å². The van der Waals surface area contributed by atoms with Gasteiger partial charge in [-0.2, -0.15) is 0 Å². The third-order valence-electron chi connectivity index (χ3n) is 1.74. The lowest BCUT2D eigenvalue weighted by Gasteiger charge is -2.05. The molecule has 6 heteroatoms. The van der Waals surface area contributed by atoms with Crippen molar-refractivity contribution in [1.82, 2.24) is 5.32 Å². The molecule has 1 aromatic rings. The molecule has 0 radical (unpaired) electrons. The molecule has 0 aliphatic rings. The summed E-state index contributed by atoms with van der Waals surface area (Å²) >= 11 is 2.54. The highest BCUT2D eigenvalue weighted by Crippen LogP contribution is 2.25. The fraction of sp³-hybridized carbons (Fsp3) is 0.222. The van der Waals surface area contributed by atoms with Gasteiger partial charge in [-0.05, 0) is 29.0 Å². The zero-order valence-electron chi connectivity index (χ0n) is 7.70. The standard InChI is InChI=1S/C9H7BrF3NO/c1-14-3-6(15)4-2-5(11)9(13)7(10)8(4)12/h2,14H,3H2,1H3. The average Bonchev–Trinajstić information content (AvgIpc) is 2.20. The second-order valence-electron chi connectivity index (χ2n) is 2.80. The van der Waals surface area contributed by atoms with E-state index in [1.165, 1.54) is 7.05 Å². The lowest BCUT2D eigenvalue weighted by atomic mass is 10.1. The van der Waals surface area contributed by atoms with E-state index in [9.17, 15) is 18.0 Å². The van der Waals surface area contributed by atoms with Crippen LogP contribution in [-0.2, 0) is 0 Å². The maximum absolute atomic E-state index is 13.3. The van der Waals surface area contributed by atoms with E-state index in [4.69, 9.17) is 0 Å². The van der Waals surface area contributed by atoms with Crippen LogP contribution in [-0.4, -0.2) is 19.4 Å². The molecular weight excluding hydrogens is 275 g/mol. The molecule has 0 aliphatic carbocycles. The van der Waals surface area contributed by atoms with E-state index >= 15 is 0 Å². The summed E-state index contributed by atoms with van der Waals surface area (Å²) in [6, 6.07) is 0.551. The van der Waals surface area contributed by atoms with Gasteiger partial charge in [0.15, 0.2) is 23.2 Å².